The molecule has 4 nitrogen and oxygen atoms in total. The van der Waals surface area contributed by atoms with Crippen molar-refractivity contribution < 1.29 is 9.32 Å². The minimum atomic E-state index is 0.124. The summed E-state index contributed by atoms with van der Waals surface area (Å²) >= 11 is 3.32. The van der Waals surface area contributed by atoms with Crippen LogP contribution in [0.2, 0.25) is 0 Å². The number of thioether (sulfide) groups is 1. The van der Waals surface area contributed by atoms with Crippen molar-refractivity contribution in [1.29, 1.82) is 0 Å². The zero-order valence-corrected chi connectivity index (χ0v) is 16.4. The van der Waals surface area contributed by atoms with Gasteiger partial charge in [-0.25, -0.2) is 0 Å². The van der Waals surface area contributed by atoms with Crippen molar-refractivity contribution in [2.45, 2.75) is 39.2 Å². The maximum absolute atomic E-state index is 11.9. The van der Waals surface area contributed by atoms with Crippen molar-refractivity contribution in [3.8, 4) is 10.7 Å². The van der Waals surface area contributed by atoms with E-state index in [0.717, 1.165) is 27.3 Å². The molecule has 0 atom stereocenters. The van der Waals surface area contributed by atoms with E-state index in [-0.39, 0.29) is 5.78 Å². The zero-order chi connectivity index (χ0) is 18.0. The molecule has 6 heteroatoms. The maximum Gasteiger partial charge on any atom is 0.236 e. The number of thiophene rings is 1. The molecule has 2 heterocycles. The number of carbonyl (C=O) groups is 1. The Hall–Kier alpha value is -1.92. The summed E-state index contributed by atoms with van der Waals surface area (Å²) in [5.74, 6) is 2.86. The van der Waals surface area contributed by atoms with E-state index < -0.39 is 0 Å². The van der Waals surface area contributed by atoms with Crippen LogP contribution in [0.4, 0.5) is 0 Å². The highest BCUT2D eigenvalue weighted by molar-refractivity contribution is 7.97. The van der Waals surface area contributed by atoms with E-state index in [1.807, 2.05) is 31.4 Å². The van der Waals surface area contributed by atoms with Gasteiger partial charge in [-0.3, -0.25) is 4.79 Å². The van der Waals surface area contributed by atoms with Crippen LogP contribution in [-0.4, -0.2) is 15.9 Å². The van der Waals surface area contributed by atoms with Crippen LogP contribution >= 0.6 is 23.1 Å². The number of aryl methyl sites for hydroxylation is 2. The fourth-order valence-electron chi connectivity index (χ4n) is 3.05. The van der Waals surface area contributed by atoms with Crippen molar-refractivity contribution >= 4 is 28.9 Å². The lowest BCUT2D eigenvalue weighted by Gasteiger charge is -2.15. The third-order valence-corrected chi connectivity index (χ3v) is 5.97. The molecule has 0 saturated carbocycles. The van der Waals surface area contributed by atoms with Crippen LogP contribution in [0.1, 0.15) is 45.4 Å². The topological polar surface area (TPSA) is 56.0 Å². The summed E-state index contributed by atoms with van der Waals surface area (Å²) < 4.78 is 5.34. The van der Waals surface area contributed by atoms with Gasteiger partial charge in [0.15, 0.2) is 5.78 Å². The molecule has 0 unspecified atom stereocenters. The Kier molecular flexibility index (Phi) is 5.39. The van der Waals surface area contributed by atoms with E-state index in [1.54, 1.807) is 30.0 Å². The molecule has 0 bridgehead atoms. The highest BCUT2D eigenvalue weighted by Gasteiger charge is 2.15. The molecule has 0 aliphatic carbocycles. The number of aromatic nitrogens is 2. The molecule has 1 aromatic carbocycles. The van der Waals surface area contributed by atoms with Crippen LogP contribution in [0.15, 0.2) is 28.1 Å². The number of nitrogens with zero attached hydrogens (tertiary/aromatic N) is 2. The first-order valence-corrected chi connectivity index (χ1v) is 10.1. The molecule has 3 aromatic rings. The Labute approximate surface area is 155 Å². The van der Waals surface area contributed by atoms with Gasteiger partial charge in [0.25, 0.3) is 0 Å². The van der Waals surface area contributed by atoms with Gasteiger partial charge in [-0.05, 0) is 61.4 Å². The van der Waals surface area contributed by atoms with Gasteiger partial charge in [-0.15, -0.1) is 23.1 Å². The number of hydrogen-bond donors (Lipinski definition) is 0. The Morgan fingerprint density at radius 2 is 2.04 bits per heavy atom. The third kappa shape index (κ3) is 3.85. The normalized spacial score (nSPS) is 11.0. The third-order valence-electron chi connectivity index (χ3n) is 4.16. The SMILES string of the molecule is CC(=O)c1c(C)cc(C)c(CSCc2nc(-c3cccs3)no2)c1C. The summed E-state index contributed by atoms with van der Waals surface area (Å²) in [5.41, 5.74) is 5.42. The van der Waals surface area contributed by atoms with Gasteiger partial charge in [0.05, 0.1) is 10.6 Å². The van der Waals surface area contributed by atoms with Crippen LogP contribution in [-0.2, 0) is 11.5 Å². The molecular formula is C19H20N2O2S2. The first-order chi connectivity index (χ1) is 12.0. The fraction of sp³-hybridized carbons (Fsp3) is 0.316. The van der Waals surface area contributed by atoms with Gasteiger partial charge in [0, 0.05) is 11.3 Å². The summed E-state index contributed by atoms with van der Waals surface area (Å²) in [4.78, 5) is 17.4. The molecule has 0 N–H and O–H groups in total. The number of carbonyl (C=O) groups excluding carboxylic acids is 1. The summed E-state index contributed by atoms with van der Waals surface area (Å²) in [5, 5.41) is 6.03. The van der Waals surface area contributed by atoms with E-state index in [1.165, 1.54) is 11.1 Å². The van der Waals surface area contributed by atoms with E-state index in [9.17, 15) is 4.79 Å². The predicted molar refractivity (Wildman–Crippen MR) is 103 cm³/mol. The smallest absolute Gasteiger partial charge is 0.236 e. The molecule has 0 aliphatic heterocycles. The van der Waals surface area contributed by atoms with E-state index in [4.69, 9.17) is 4.52 Å². The maximum atomic E-state index is 11.9. The van der Waals surface area contributed by atoms with Crippen molar-refractivity contribution in [3.05, 3.63) is 57.3 Å². The number of Topliss-reactive ketones (excluding diaryl/α,β-unsaturated/α-hetero) is 1. The highest BCUT2D eigenvalue weighted by Crippen LogP contribution is 2.28. The molecule has 0 radical (unpaired) electrons. The average molecular weight is 373 g/mol. The first-order valence-electron chi connectivity index (χ1n) is 8.02. The van der Waals surface area contributed by atoms with Gasteiger partial charge in [-0.1, -0.05) is 17.3 Å². The van der Waals surface area contributed by atoms with Crippen molar-refractivity contribution in [1.82, 2.24) is 10.1 Å². The summed E-state index contributed by atoms with van der Waals surface area (Å²) in [6, 6.07) is 6.05. The number of ketones is 1. The summed E-state index contributed by atoms with van der Waals surface area (Å²) in [7, 11) is 0. The standard InChI is InChI=1S/C19H20N2O2S2/c1-11-8-12(2)18(14(4)22)13(3)15(11)9-24-10-17-20-19(21-23-17)16-6-5-7-25-16/h5-8H,9-10H2,1-4H3. The van der Waals surface area contributed by atoms with Crippen molar-refractivity contribution in [2.75, 3.05) is 0 Å². The molecule has 130 valence electrons. The lowest BCUT2D eigenvalue weighted by molar-refractivity contribution is 0.101. The Morgan fingerprint density at radius 3 is 2.72 bits per heavy atom. The molecule has 3 rings (SSSR count). The Morgan fingerprint density at radius 1 is 1.24 bits per heavy atom. The summed E-state index contributed by atoms with van der Waals surface area (Å²) in [6.45, 7) is 7.76. The average Bonchev–Trinajstić information content (AvgIpc) is 3.20. The van der Waals surface area contributed by atoms with Crippen LogP contribution in [0, 0.1) is 20.8 Å². The van der Waals surface area contributed by atoms with Crippen LogP contribution < -0.4 is 0 Å². The minimum Gasteiger partial charge on any atom is -0.338 e. The minimum absolute atomic E-state index is 0.124. The van der Waals surface area contributed by atoms with Crippen LogP contribution in [0.3, 0.4) is 0 Å². The largest absolute Gasteiger partial charge is 0.338 e. The molecule has 0 spiro atoms. The van der Waals surface area contributed by atoms with Crippen molar-refractivity contribution in [3.63, 3.8) is 0 Å². The lowest BCUT2D eigenvalue weighted by Crippen LogP contribution is -2.05. The van der Waals surface area contributed by atoms with Gasteiger partial charge < -0.3 is 4.52 Å². The fourth-order valence-corrected chi connectivity index (χ4v) is 4.74. The quantitative estimate of drug-likeness (QED) is 0.545. The van der Waals surface area contributed by atoms with Crippen LogP contribution in [0.25, 0.3) is 10.7 Å². The number of rotatable bonds is 6. The Balaban J connectivity index is 1.70. The number of benzene rings is 1. The second kappa shape index (κ2) is 7.54. The van der Waals surface area contributed by atoms with Crippen molar-refractivity contribution in [2.24, 2.45) is 0 Å². The summed E-state index contributed by atoms with van der Waals surface area (Å²) in [6.07, 6.45) is 0. The van der Waals surface area contributed by atoms with Crippen LogP contribution in [0.5, 0.6) is 0 Å². The lowest BCUT2D eigenvalue weighted by atomic mass is 9.92. The van der Waals surface area contributed by atoms with E-state index >= 15 is 0 Å². The van der Waals surface area contributed by atoms with Gasteiger partial charge in [0.2, 0.25) is 11.7 Å². The molecular weight excluding hydrogens is 352 g/mol. The number of hydrogen-bond acceptors (Lipinski definition) is 6. The molecule has 0 saturated heterocycles. The molecule has 0 amide bonds. The molecule has 0 aliphatic rings. The molecule has 2 aromatic heterocycles. The van der Waals surface area contributed by atoms with Gasteiger partial charge in [0.1, 0.15) is 0 Å². The monoisotopic (exact) mass is 372 g/mol. The van der Waals surface area contributed by atoms with Gasteiger partial charge in [-0.2, -0.15) is 4.98 Å². The van der Waals surface area contributed by atoms with E-state index in [0.29, 0.717) is 17.5 Å². The highest BCUT2D eigenvalue weighted by atomic mass is 32.2. The zero-order valence-electron chi connectivity index (χ0n) is 14.8. The molecule has 0 fully saturated rings. The van der Waals surface area contributed by atoms with E-state index in [2.05, 4.69) is 23.1 Å². The second-order valence-corrected chi connectivity index (χ2v) is 7.96. The predicted octanol–water partition coefficient (Wildman–Crippen LogP) is 5.36. The second-order valence-electron chi connectivity index (χ2n) is 6.03. The first kappa shape index (κ1) is 17.9. The van der Waals surface area contributed by atoms with Gasteiger partial charge >= 0.3 is 0 Å². The Bertz CT molecular complexity index is 899. The molecule has 25 heavy (non-hydrogen) atoms.